The third kappa shape index (κ3) is 3.01. The lowest BCUT2D eigenvalue weighted by Crippen LogP contribution is -2.60. The van der Waals surface area contributed by atoms with Gasteiger partial charge in [0.1, 0.15) is 5.52 Å². The highest BCUT2D eigenvalue weighted by Gasteiger charge is 2.47. The van der Waals surface area contributed by atoms with E-state index >= 15 is 0 Å². The predicted molar refractivity (Wildman–Crippen MR) is 97.9 cm³/mol. The van der Waals surface area contributed by atoms with Crippen molar-refractivity contribution in [3.63, 3.8) is 0 Å². The Morgan fingerprint density at radius 2 is 2.04 bits per heavy atom. The van der Waals surface area contributed by atoms with Crippen LogP contribution in [0.4, 0.5) is 0 Å². The number of sulfone groups is 1. The molecule has 1 aromatic carbocycles. The van der Waals surface area contributed by atoms with Gasteiger partial charge >= 0.3 is 0 Å². The molecule has 0 spiro atoms. The minimum Gasteiger partial charge on any atom is -0.441 e. The standard InChI is InChI=1S/C18H23N3O4S/c1-3-6-20-7-8-21(16-11-26(23,24)10-15(16)20)18(22)13-4-5-14-17(9-13)25-12(2)19-14/h4-5,9,15-16H,3,6-8,10-11H2,1-2H3/t15-,16+/m1/s1. The summed E-state index contributed by atoms with van der Waals surface area (Å²) in [6.45, 7) is 5.97. The van der Waals surface area contributed by atoms with Gasteiger partial charge in [-0.3, -0.25) is 9.69 Å². The van der Waals surface area contributed by atoms with E-state index in [0.717, 1.165) is 13.0 Å². The van der Waals surface area contributed by atoms with Gasteiger partial charge in [0.15, 0.2) is 21.3 Å². The lowest BCUT2D eigenvalue weighted by atomic mass is 10.0. The normalized spacial score (nSPS) is 25.5. The Morgan fingerprint density at radius 1 is 1.27 bits per heavy atom. The fourth-order valence-corrected chi connectivity index (χ4v) is 6.19. The van der Waals surface area contributed by atoms with Gasteiger partial charge in [0.2, 0.25) is 0 Å². The minimum atomic E-state index is -3.12. The molecule has 0 unspecified atom stereocenters. The summed E-state index contributed by atoms with van der Waals surface area (Å²) in [5.74, 6) is 0.610. The van der Waals surface area contributed by atoms with Crippen molar-refractivity contribution in [2.75, 3.05) is 31.1 Å². The fourth-order valence-electron chi connectivity index (χ4n) is 4.18. The number of benzene rings is 1. The second-order valence-corrected chi connectivity index (χ2v) is 9.32. The quantitative estimate of drug-likeness (QED) is 0.805. The number of rotatable bonds is 3. The van der Waals surface area contributed by atoms with Crippen LogP contribution in [0.3, 0.4) is 0 Å². The third-order valence-corrected chi connectivity index (χ3v) is 7.00. The maximum Gasteiger partial charge on any atom is 0.254 e. The summed E-state index contributed by atoms with van der Waals surface area (Å²) in [7, 11) is -3.12. The van der Waals surface area contributed by atoms with Crippen LogP contribution in [0.15, 0.2) is 22.6 Å². The number of aryl methyl sites for hydroxylation is 1. The highest BCUT2D eigenvalue weighted by molar-refractivity contribution is 7.91. The van der Waals surface area contributed by atoms with Crippen LogP contribution in [-0.4, -0.2) is 72.3 Å². The Kier molecular flexibility index (Phi) is 4.27. The van der Waals surface area contributed by atoms with Crippen LogP contribution in [0.5, 0.6) is 0 Å². The number of aromatic nitrogens is 1. The molecule has 1 amide bonds. The molecule has 0 N–H and O–H groups in total. The molecule has 2 fully saturated rings. The SMILES string of the molecule is CCCN1CCN(C(=O)c2ccc3nc(C)oc3c2)[C@H]2CS(=O)(=O)C[C@H]21. The van der Waals surface area contributed by atoms with Gasteiger partial charge in [-0.05, 0) is 31.2 Å². The van der Waals surface area contributed by atoms with Crippen molar-refractivity contribution in [1.82, 2.24) is 14.8 Å². The molecule has 2 aliphatic rings. The Labute approximate surface area is 152 Å². The van der Waals surface area contributed by atoms with E-state index in [1.807, 2.05) is 0 Å². The first-order chi connectivity index (χ1) is 12.4. The van der Waals surface area contributed by atoms with Gasteiger partial charge in [0.05, 0.1) is 17.5 Å². The molecule has 3 heterocycles. The van der Waals surface area contributed by atoms with E-state index in [1.54, 1.807) is 30.0 Å². The van der Waals surface area contributed by atoms with E-state index in [9.17, 15) is 13.2 Å². The number of fused-ring (bicyclic) bond motifs is 2. The number of carbonyl (C=O) groups excluding carboxylic acids is 1. The first kappa shape index (κ1) is 17.5. The Bertz CT molecular complexity index is 952. The van der Waals surface area contributed by atoms with Crippen LogP contribution in [0.2, 0.25) is 0 Å². The molecule has 2 saturated heterocycles. The highest BCUT2D eigenvalue weighted by Crippen LogP contribution is 2.29. The molecule has 4 rings (SSSR count). The molecular weight excluding hydrogens is 354 g/mol. The summed E-state index contributed by atoms with van der Waals surface area (Å²) in [6, 6.07) is 4.83. The van der Waals surface area contributed by atoms with E-state index < -0.39 is 9.84 Å². The topological polar surface area (TPSA) is 83.7 Å². The molecule has 140 valence electrons. The van der Waals surface area contributed by atoms with Crippen molar-refractivity contribution >= 4 is 26.8 Å². The summed E-state index contributed by atoms with van der Waals surface area (Å²) in [4.78, 5) is 21.3. The number of piperazine rings is 1. The van der Waals surface area contributed by atoms with E-state index in [1.165, 1.54) is 0 Å². The molecule has 7 nitrogen and oxygen atoms in total. The van der Waals surface area contributed by atoms with Gasteiger partial charge in [-0.15, -0.1) is 0 Å². The molecule has 0 saturated carbocycles. The van der Waals surface area contributed by atoms with Crippen molar-refractivity contribution in [2.45, 2.75) is 32.4 Å². The summed E-state index contributed by atoms with van der Waals surface area (Å²) in [5.41, 5.74) is 1.81. The molecule has 2 atom stereocenters. The zero-order valence-electron chi connectivity index (χ0n) is 15.0. The van der Waals surface area contributed by atoms with E-state index in [0.29, 0.717) is 35.6 Å². The lowest BCUT2D eigenvalue weighted by molar-refractivity contribution is 0.0333. The Morgan fingerprint density at radius 3 is 2.81 bits per heavy atom. The van der Waals surface area contributed by atoms with Crippen LogP contribution < -0.4 is 0 Å². The number of hydrogen-bond acceptors (Lipinski definition) is 6. The van der Waals surface area contributed by atoms with Crippen molar-refractivity contribution in [3.05, 3.63) is 29.7 Å². The van der Waals surface area contributed by atoms with Gasteiger partial charge in [0.25, 0.3) is 5.91 Å². The number of amides is 1. The third-order valence-electron chi connectivity index (χ3n) is 5.31. The van der Waals surface area contributed by atoms with Crippen LogP contribution in [0.25, 0.3) is 11.1 Å². The molecule has 0 aliphatic carbocycles. The molecule has 1 aromatic heterocycles. The van der Waals surface area contributed by atoms with Crippen molar-refractivity contribution in [3.8, 4) is 0 Å². The summed E-state index contributed by atoms with van der Waals surface area (Å²) >= 11 is 0. The largest absolute Gasteiger partial charge is 0.441 e. The van der Waals surface area contributed by atoms with Crippen LogP contribution >= 0.6 is 0 Å². The molecule has 2 aliphatic heterocycles. The van der Waals surface area contributed by atoms with Crippen molar-refractivity contribution < 1.29 is 17.6 Å². The number of nitrogens with zero attached hydrogens (tertiary/aromatic N) is 3. The molecule has 0 bridgehead atoms. The molecule has 26 heavy (non-hydrogen) atoms. The lowest BCUT2D eigenvalue weighted by Gasteiger charge is -2.43. The van der Waals surface area contributed by atoms with Crippen molar-refractivity contribution in [2.24, 2.45) is 0 Å². The molecule has 8 heteroatoms. The monoisotopic (exact) mass is 377 g/mol. The zero-order valence-corrected chi connectivity index (χ0v) is 15.8. The van der Waals surface area contributed by atoms with Crippen molar-refractivity contribution in [1.29, 1.82) is 0 Å². The van der Waals surface area contributed by atoms with E-state index in [4.69, 9.17) is 4.42 Å². The Balaban J connectivity index is 1.64. The van der Waals surface area contributed by atoms with Gasteiger partial charge < -0.3 is 9.32 Å². The fraction of sp³-hybridized carbons (Fsp3) is 0.556. The number of carbonyl (C=O) groups is 1. The second kappa shape index (κ2) is 6.35. The molecule has 2 aromatic rings. The number of hydrogen-bond donors (Lipinski definition) is 0. The Hall–Kier alpha value is -1.93. The summed E-state index contributed by atoms with van der Waals surface area (Å²) < 4.78 is 30.0. The van der Waals surface area contributed by atoms with Crippen LogP contribution in [0, 0.1) is 6.92 Å². The predicted octanol–water partition coefficient (Wildman–Crippen LogP) is 1.47. The number of oxazole rings is 1. The highest BCUT2D eigenvalue weighted by atomic mass is 32.2. The second-order valence-electron chi connectivity index (χ2n) is 7.16. The van der Waals surface area contributed by atoms with Gasteiger partial charge in [-0.1, -0.05) is 6.92 Å². The average Bonchev–Trinajstić information content (AvgIpc) is 3.11. The summed E-state index contributed by atoms with van der Waals surface area (Å²) in [5, 5.41) is 0. The maximum absolute atomic E-state index is 13.1. The minimum absolute atomic E-state index is 0.0489. The van der Waals surface area contributed by atoms with Gasteiger partial charge in [-0.2, -0.15) is 0 Å². The van der Waals surface area contributed by atoms with Gasteiger partial charge in [0, 0.05) is 31.6 Å². The average molecular weight is 377 g/mol. The van der Waals surface area contributed by atoms with Gasteiger partial charge in [-0.25, -0.2) is 13.4 Å². The zero-order chi connectivity index (χ0) is 18.5. The van der Waals surface area contributed by atoms with Crippen LogP contribution in [0.1, 0.15) is 29.6 Å². The van der Waals surface area contributed by atoms with E-state index in [-0.39, 0.29) is 29.5 Å². The first-order valence-electron chi connectivity index (χ1n) is 9.00. The van der Waals surface area contributed by atoms with Crippen LogP contribution in [-0.2, 0) is 9.84 Å². The van der Waals surface area contributed by atoms with E-state index in [2.05, 4.69) is 16.8 Å². The molecule has 0 radical (unpaired) electrons. The smallest absolute Gasteiger partial charge is 0.254 e. The molecular formula is C18H23N3O4S. The first-order valence-corrected chi connectivity index (χ1v) is 10.8. The summed E-state index contributed by atoms with van der Waals surface area (Å²) in [6.07, 6.45) is 0.971. The maximum atomic E-state index is 13.1.